The highest BCUT2D eigenvalue weighted by Gasteiger charge is 2.21. The molecule has 0 N–H and O–H groups in total. The number of benzene rings is 1. The Morgan fingerprint density at radius 3 is 2.65 bits per heavy atom. The monoisotopic (exact) mass is 334 g/mol. The number of likely N-dealkylation sites (N-methyl/N-ethyl adjacent to an activating group) is 1. The van der Waals surface area contributed by atoms with Gasteiger partial charge in [-0.05, 0) is 17.9 Å². The number of hydrogen-bond acceptors (Lipinski definition) is 4. The lowest BCUT2D eigenvalue weighted by Crippen LogP contribution is -2.40. The second-order valence-electron chi connectivity index (χ2n) is 5.75. The number of fused-ring (bicyclic) bond motifs is 1. The molecule has 0 aliphatic heterocycles. The van der Waals surface area contributed by atoms with Gasteiger partial charge in [-0.3, -0.25) is 9.78 Å². The lowest BCUT2D eigenvalue weighted by molar-refractivity contribution is -0.130. The Bertz CT molecular complexity index is 797. The number of rotatable bonds is 6. The van der Waals surface area contributed by atoms with Crippen molar-refractivity contribution in [1.82, 2.24) is 9.88 Å². The molecule has 0 aliphatic carbocycles. The SMILES string of the molecule is CCS(=O)(=O)CC(C)N(C)C(=O)Cc1cncc2ccccc12. The van der Waals surface area contributed by atoms with E-state index in [4.69, 9.17) is 0 Å². The Hall–Kier alpha value is -1.95. The van der Waals surface area contributed by atoms with Crippen LogP contribution >= 0.6 is 0 Å². The standard InChI is InChI=1S/C17H22N2O3S/c1-4-23(21,22)12-13(2)19(3)17(20)9-15-11-18-10-14-7-5-6-8-16(14)15/h5-8,10-11,13H,4,9,12H2,1-3H3. The van der Waals surface area contributed by atoms with Crippen LogP contribution in [0.4, 0.5) is 0 Å². The molecule has 1 amide bonds. The molecule has 124 valence electrons. The van der Waals surface area contributed by atoms with Gasteiger partial charge in [0.05, 0.1) is 12.2 Å². The van der Waals surface area contributed by atoms with Crippen LogP contribution in [0.3, 0.4) is 0 Å². The Labute approximate surface area is 137 Å². The third-order valence-corrected chi connectivity index (χ3v) is 5.95. The fourth-order valence-corrected chi connectivity index (χ4v) is 3.64. The fraction of sp³-hybridized carbons (Fsp3) is 0.412. The first-order chi connectivity index (χ1) is 10.8. The molecule has 1 aromatic carbocycles. The molecule has 0 saturated heterocycles. The minimum absolute atomic E-state index is 0.0144. The summed E-state index contributed by atoms with van der Waals surface area (Å²) in [5.74, 6) is -0.0338. The first-order valence-corrected chi connectivity index (χ1v) is 9.44. The minimum atomic E-state index is -3.11. The van der Waals surface area contributed by atoms with Gasteiger partial charge in [0, 0.05) is 36.6 Å². The molecule has 23 heavy (non-hydrogen) atoms. The molecule has 0 saturated carbocycles. The van der Waals surface area contributed by atoms with Crippen LogP contribution in [0.1, 0.15) is 19.4 Å². The van der Waals surface area contributed by atoms with E-state index < -0.39 is 9.84 Å². The molecular formula is C17H22N2O3S. The van der Waals surface area contributed by atoms with Gasteiger partial charge in [0.2, 0.25) is 5.91 Å². The Morgan fingerprint density at radius 2 is 1.96 bits per heavy atom. The zero-order valence-electron chi connectivity index (χ0n) is 13.7. The van der Waals surface area contributed by atoms with Crippen molar-refractivity contribution >= 4 is 26.5 Å². The number of carbonyl (C=O) groups is 1. The number of pyridine rings is 1. The molecule has 0 spiro atoms. The van der Waals surface area contributed by atoms with Crippen molar-refractivity contribution in [3.05, 3.63) is 42.2 Å². The summed E-state index contributed by atoms with van der Waals surface area (Å²) in [5.41, 5.74) is 0.852. The summed E-state index contributed by atoms with van der Waals surface area (Å²) in [6, 6.07) is 7.42. The van der Waals surface area contributed by atoms with E-state index >= 15 is 0 Å². The van der Waals surface area contributed by atoms with Crippen LogP contribution in [0.2, 0.25) is 0 Å². The molecule has 0 radical (unpaired) electrons. The van der Waals surface area contributed by atoms with Crippen molar-refractivity contribution in [1.29, 1.82) is 0 Å². The minimum Gasteiger partial charge on any atom is -0.342 e. The third kappa shape index (κ3) is 4.28. The number of nitrogens with zero attached hydrogens (tertiary/aromatic N) is 2. The third-order valence-electron chi connectivity index (χ3n) is 4.08. The van der Waals surface area contributed by atoms with E-state index in [2.05, 4.69) is 4.98 Å². The zero-order chi connectivity index (χ0) is 17.0. The molecule has 2 rings (SSSR count). The average Bonchev–Trinajstić information content (AvgIpc) is 2.54. The maximum absolute atomic E-state index is 12.5. The van der Waals surface area contributed by atoms with Crippen molar-refractivity contribution in [2.75, 3.05) is 18.6 Å². The highest BCUT2D eigenvalue weighted by atomic mass is 32.2. The van der Waals surface area contributed by atoms with E-state index in [0.29, 0.717) is 0 Å². The van der Waals surface area contributed by atoms with Crippen LogP contribution < -0.4 is 0 Å². The lowest BCUT2D eigenvalue weighted by Gasteiger charge is -2.25. The largest absolute Gasteiger partial charge is 0.342 e. The van der Waals surface area contributed by atoms with Gasteiger partial charge in [-0.1, -0.05) is 31.2 Å². The summed E-state index contributed by atoms with van der Waals surface area (Å²) >= 11 is 0. The van der Waals surface area contributed by atoms with E-state index in [0.717, 1.165) is 16.3 Å². The van der Waals surface area contributed by atoms with E-state index in [-0.39, 0.29) is 29.9 Å². The number of amides is 1. The number of hydrogen-bond donors (Lipinski definition) is 0. The van der Waals surface area contributed by atoms with Crippen molar-refractivity contribution in [2.24, 2.45) is 0 Å². The van der Waals surface area contributed by atoms with Crippen molar-refractivity contribution in [3.63, 3.8) is 0 Å². The van der Waals surface area contributed by atoms with Crippen molar-refractivity contribution < 1.29 is 13.2 Å². The second kappa shape index (κ2) is 7.08. The quantitative estimate of drug-likeness (QED) is 0.811. The smallest absolute Gasteiger partial charge is 0.227 e. The molecule has 1 heterocycles. The average molecular weight is 334 g/mol. The number of sulfone groups is 1. The van der Waals surface area contributed by atoms with Crippen molar-refractivity contribution in [3.8, 4) is 0 Å². The summed E-state index contributed by atoms with van der Waals surface area (Å²) < 4.78 is 23.4. The maximum Gasteiger partial charge on any atom is 0.227 e. The summed E-state index contributed by atoms with van der Waals surface area (Å²) in [6.07, 6.45) is 3.67. The van der Waals surface area contributed by atoms with Crippen LogP contribution in [0, 0.1) is 0 Å². The molecule has 2 aromatic rings. The predicted molar refractivity (Wildman–Crippen MR) is 92.0 cm³/mol. The Morgan fingerprint density at radius 1 is 1.26 bits per heavy atom. The second-order valence-corrected chi connectivity index (χ2v) is 8.15. The summed E-state index contributed by atoms with van der Waals surface area (Å²) in [5, 5.41) is 1.99. The molecular weight excluding hydrogens is 312 g/mol. The van der Waals surface area contributed by atoms with Crippen LogP contribution in [0.25, 0.3) is 10.8 Å². The van der Waals surface area contributed by atoms with Gasteiger partial charge in [-0.15, -0.1) is 0 Å². The maximum atomic E-state index is 12.5. The summed E-state index contributed by atoms with van der Waals surface area (Å²) in [6.45, 7) is 3.37. The van der Waals surface area contributed by atoms with Gasteiger partial charge < -0.3 is 4.90 Å². The first kappa shape index (κ1) is 17.4. The van der Waals surface area contributed by atoms with Gasteiger partial charge in [0.15, 0.2) is 9.84 Å². The summed E-state index contributed by atoms with van der Waals surface area (Å²) in [7, 11) is -1.46. The highest BCUT2D eigenvalue weighted by molar-refractivity contribution is 7.91. The van der Waals surface area contributed by atoms with Gasteiger partial charge >= 0.3 is 0 Å². The molecule has 1 unspecified atom stereocenters. The predicted octanol–water partition coefficient (Wildman–Crippen LogP) is 2.06. The van der Waals surface area contributed by atoms with E-state index in [1.165, 1.54) is 4.90 Å². The van der Waals surface area contributed by atoms with Gasteiger partial charge in [0.25, 0.3) is 0 Å². The lowest BCUT2D eigenvalue weighted by atomic mass is 10.0. The normalized spacial score (nSPS) is 13.0. The topological polar surface area (TPSA) is 67.3 Å². The Kier molecular flexibility index (Phi) is 5.36. The Balaban J connectivity index is 2.14. The number of carbonyl (C=O) groups excluding carboxylic acids is 1. The van der Waals surface area contributed by atoms with Crippen LogP contribution in [0.15, 0.2) is 36.7 Å². The van der Waals surface area contributed by atoms with Crippen LogP contribution in [-0.2, 0) is 21.1 Å². The zero-order valence-corrected chi connectivity index (χ0v) is 14.5. The van der Waals surface area contributed by atoms with Gasteiger partial charge in [-0.2, -0.15) is 0 Å². The summed E-state index contributed by atoms with van der Waals surface area (Å²) in [4.78, 5) is 18.2. The molecule has 0 aliphatic rings. The molecule has 6 heteroatoms. The fourth-order valence-electron chi connectivity index (χ4n) is 2.45. The highest BCUT2D eigenvalue weighted by Crippen LogP contribution is 2.18. The molecule has 1 aromatic heterocycles. The molecule has 5 nitrogen and oxygen atoms in total. The van der Waals surface area contributed by atoms with E-state index in [1.807, 2.05) is 24.3 Å². The molecule has 0 bridgehead atoms. The van der Waals surface area contributed by atoms with Crippen LogP contribution in [0.5, 0.6) is 0 Å². The van der Waals surface area contributed by atoms with Gasteiger partial charge in [0.1, 0.15) is 0 Å². The van der Waals surface area contributed by atoms with Crippen LogP contribution in [-0.4, -0.2) is 48.8 Å². The number of aromatic nitrogens is 1. The molecule has 1 atom stereocenters. The molecule has 0 fully saturated rings. The van der Waals surface area contributed by atoms with Gasteiger partial charge in [-0.25, -0.2) is 8.42 Å². The van der Waals surface area contributed by atoms with Crippen molar-refractivity contribution in [2.45, 2.75) is 26.3 Å². The van der Waals surface area contributed by atoms with E-state index in [9.17, 15) is 13.2 Å². The van der Waals surface area contributed by atoms with E-state index in [1.54, 1.807) is 33.3 Å². The first-order valence-electron chi connectivity index (χ1n) is 7.61.